The van der Waals surface area contributed by atoms with Gasteiger partial charge in [-0.3, -0.25) is 4.79 Å². The van der Waals surface area contributed by atoms with Gasteiger partial charge in [0.25, 0.3) is 0 Å². The molecule has 0 aliphatic heterocycles. The van der Waals surface area contributed by atoms with Crippen LogP contribution in [-0.2, 0) is 4.79 Å². The summed E-state index contributed by atoms with van der Waals surface area (Å²) in [6.45, 7) is 2.73. The molecular formula is C18H29ClN2O. The van der Waals surface area contributed by atoms with Crippen molar-refractivity contribution in [2.24, 2.45) is 17.6 Å². The van der Waals surface area contributed by atoms with E-state index in [1.54, 1.807) is 0 Å². The van der Waals surface area contributed by atoms with Gasteiger partial charge in [0.15, 0.2) is 0 Å². The van der Waals surface area contributed by atoms with Gasteiger partial charge in [0, 0.05) is 19.0 Å². The van der Waals surface area contributed by atoms with Crippen LogP contribution in [0.2, 0.25) is 0 Å². The maximum Gasteiger partial charge on any atom is 0.220 e. The third-order valence-corrected chi connectivity index (χ3v) is 4.71. The second-order valence-electron chi connectivity index (χ2n) is 6.40. The summed E-state index contributed by atoms with van der Waals surface area (Å²) in [4.78, 5) is 12.1. The highest BCUT2D eigenvalue weighted by Crippen LogP contribution is 2.31. The van der Waals surface area contributed by atoms with E-state index in [0.29, 0.717) is 18.9 Å². The molecular weight excluding hydrogens is 296 g/mol. The summed E-state index contributed by atoms with van der Waals surface area (Å²) < 4.78 is 0. The Morgan fingerprint density at radius 2 is 1.86 bits per heavy atom. The van der Waals surface area contributed by atoms with Gasteiger partial charge in [-0.25, -0.2) is 0 Å². The minimum Gasteiger partial charge on any atom is -0.354 e. The van der Waals surface area contributed by atoms with Crippen molar-refractivity contribution < 1.29 is 4.79 Å². The summed E-state index contributed by atoms with van der Waals surface area (Å²) in [6, 6.07) is 9.80. The van der Waals surface area contributed by atoms with Crippen LogP contribution >= 0.6 is 12.4 Å². The first kappa shape index (κ1) is 19.0. The van der Waals surface area contributed by atoms with Crippen molar-refractivity contribution >= 4 is 18.3 Å². The zero-order valence-electron chi connectivity index (χ0n) is 13.5. The van der Waals surface area contributed by atoms with E-state index >= 15 is 0 Å². The van der Waals surface area contributed by atoms with Gasteiger partial charge in [0.2, 0.25) is 5.91 Å². The van der Waals surface area contributed by atoms with Gasteiger partial charge in [-0.1, -0.05) is 69.4 Å². The third kappa shape index (κ3) is 5.98. The van der Waals surface area contributed by atoms with Crippen LogP contribution in [0.25, 0.3) is 0 Å². The number of halogens is 1. The fraction of sp³-hybridized carbons (Fsp3) is 0.611. The fourth-order valence-corrected chi connectivity index (χ4v) is 3.28. The van der Waals surface area contributed by atoms with Gasteiger partial charge in [0.05, 0.1) is 0 Å². The Labute approximate surface area is 140 Å². The summed E-state index contributed by atoms with van der Waals surface area (Å²) in [5.74, 6) is 1.35. The fourth-order valence-electron chi connectivity index (χ4n) is 3.28. The molecule has 0 bridgehead atoms. The largest absolute Gasteiger partial charge is 0.354 e. The highest BCUT2D eigenvalue weighted by atomic mass is 35.5. The Balaban J connectivity index is 0.00000242. The molecule has 22 heavy (non-hydrogen) atoms. The molecule has 0 heterocycles. The standard InChI is InChI=1S/C18H28N2O.ClH/c1-14(15-8-4-2-5-9-15)12-18(21)20-13-17(19)16-10-6-3-7-11-16;/h3,6-7,10-11,14-15,17H,2,4-5,8-9,12-13,19H2,1H3,(H,20,21);1H. The molecule has 0 saturated heterocycles. The van der Waals surface area contributed by atoms with Crippen molar-refractivity contribution in [1.82, 2.24) is 5.32 Å². The zero-order valence-corrected chi connectivity index (χ0v) is 14.3. The molecule has 1 saturated carbocycles. The molecule has 124 valence electrons. The predicted octanol–water partition coefficient (Wildman–Crippen LogP) is 3.83. The molecule has 1 aliphatic carbocycles. The van der Waals surface area contributed by atoms with E-state index in [9.17, 15) is 4.79 Å². The SMILES string of the molecule is CC(CC(=O)NCC(N)c1ccccc1)C1CCCCC1.Cl. The number of rotatable bonds is 6. The van der Waals surface area contributed by atoms with Crippen LogP contribution in [-0.4, -0.2) is 12.5 Å². The summed E-state index contributed by atoms with van der Waals surface area (Å²) in [5, 5.41) is 2.99. The molecule has 0 aromatic heterocycles. The van der Waals surface area contributed by atoms with Crippen LogP contribution in [0.15, 0.2) is 30.3 Å². The summed E-state index contributed by atoms with van der Waals surface area (Å²) in [6.07, 6.45) is 7.23. The number of amides is 1. The number of nitrogens with two attached hydrogens (primary N) is 1. The molecule has 1 aromatic rings. The van der Waals surface area contributed by atoms with Crippen LogP contribution in [0.5, 0.6) is 0 Å². The summed E-state index contributed by atoms with van der Waals surface area (Å²) in [7, 11) is 0. The molecule has 0 spiro atoms. The molecule has 1 aromatic carbocycles. The summed E-state index contributed by atoms with van der Waals surface area (Å²) >= 11 is 0. The molecule has 1 amide bonds. The molecule has 0 radical (unpaired) electrons. The van der Waals surface area contributed by atoms with Crippen molar-refractivity contribution in [1.29, 1.82) is 0 Å². The van der Waals surface area contributed by atoms with E-state index in [4.69, 9.17) is 5.73 Å². The lowest BCUT2D eigenvalue weighted by Gasteiger charge is -2.27. The van der Waals surface area contributed by atoms with E-state index in [-0.39, 0.29) is 24.4 Å². The van der Waals surface area contributed by atoms with E-state index in [1.807, 2.05) is 30.3 Å². The van der Waals surface area contributed by atoms with Crippen LogP contribution in [0.3, 0.4) is 0 Å². The van der Waals surface area contributed by atoms with E-state index in [0.717, 1.165) is 11.5 Å². The van der Waals surface area contributed by atoms with Gasteiger partial charge in [-0.15, -0.1) is 12.4 Å². The molecule has 2 atom stereocenters. The maximum absolute atomic E-state index is 12.1. The number of hydrogen-bond donors (Lipinski definition) is 2. The number of carbonyl (C=O) groups excluding carboxylic acids is 1. The minimum absolute atomic E-state index is 0. The number of hydrogen-bond acceptors (Lipinski definition) is 2. The van der Waals surface area contributed by atoms with Crippen LogP contribution in [0, 0.1) is 11.8 Å². The molecule has 2 unspecified atom stereocenters. The predicted molar refractivity (Wildman–Crippen MR) is 94.0 cm³/mol. The van der Waals surface area contributed by atoms with E-state index < -0.39 is 0 Å². The van der Waals surface area contributed by atoms with Crippen molar-refractivity contribution in [3.8, 4) is 0 Å². The number of carbonyl (C=O) groups is 1. The number of nitrogens with one attached hydrogen (secondary N) is 1. The van der Waals surface area contributed by atoms with Crippen LogP contribution < -0.4 is 11.1 Å². The maximum atomic E-state index is 12.1. The van der Waals surface area contributed by atoms with Crippen LogP contribution in [0.4, 0.5) is 0 Å². The zero-order chi connectivity index (χ0) is 15.1. The highest BCUT2D eigenvalue weighted by Gasteiger charge is 2.22. The summed E-state index contributed by atoms with van der Waals surface area (Å²) in [5.41, 5.74) is 7.17. The molecule has 2 rings (SSSR count). The smallest absolute Gasteiger partial charge is 0.220 e. The molecule has 3 nitrogen and oxygen atoms in total. The molecule has 1 fully saturated rings. The Morgan fingerprint density at radius 1 is 1.23 bits per heavy atom. The second-order valence-corrected chi connectivity index (χ2v) is 6.40. The van der Waals surface area contributed by atoms with E-state index in [1.165, 1.54) is 32.1 Å². The average molecular weight is 325 g/mol. The van der Waals surface area contributed by atoms with E-state index in [2.05, 4.69) is 12.2 Å². The normalized spacial score (nSPS) is 18.1. The topological polar surface area (TPSA) is 55.1 Å². The lowest BCUT2D eigenvalue weighted by Crippen LogP contribution is -2.33. The minimum atomic E-state index is -0.125. The van der Waals surface area contributed by atoms with Crippen molar-refractivity contribution in [2.75, 3.05) is 6.54 Å². The van der Waals surface area contributed by atoms with Gasteiger partial charge in [-0.2, -0.15) is 0 Å². The Kier molecular flexibility index (Phi) is 8.51. The van der Waals surface area contributed by atoms with Crippen molar-refractivity contribution in [2.45, 2.75) is 51.5 Å². The quantitative estimate of drug-likeness (QED) is 0.835. The Bertz CT molecular complexity index is 432. The monoisotopic (exact) mass is 324 g/mol. The number of benzene rings is 1. The van der Waals surface area contributed by atoms with Crippen molar-refractivity contribution in [3.05, 3.63) is 35.9 Å². The molecule has 4 heteroatoms. The second kappa shape index (κ2) is 9.86. The van der Waals surface area contributed by atoms with Crippen LogP contribution in [0.1, 0.15) is 57.1 Å². The first-order valence-electron chi connectivity index (χ1n) is 8.24. The van der Waals surface area contributed by atoms with Gasteiger partial charge in [0.1, 0.15) is 0 Å². The molecule has 1 aliphatic rings. The lowest BCUT2D eigenvalue weighted by molar-refractivity contribution is -0.122. The van der Waals surface area contributed by atoms with Gasteiger partial charge >= 0.3 is 0 Å². The first-order valence-corrected chi connectivity index (χ1v) is 8.24. The highest BCUT2D eigenvalue weighted by molar-refractivity contribution is 5.85. The van der Waals surface area contributed by atoms with Gasteiger partial charge < -0.3 is 11.1 Å². The first-order chi connectivity index (χ1) is 10.2. The Morgan fingerprint density at radius 3 is 2.50 bits per heavy atom. The Hall–Kier alpha value is -1.06. The molecule has 3 N–H and O–H groups in total. The lowest BCUT2D eigenvalue weighted by atomic mass is 9.79. The average Bonchev–Trinajstić information content (AvgIpc) is 2.54. The van der Waals surface area contributed by atoms with Crippen molar-refractivity contribution in [3.63, 3.8) is 0 Å². The van der Waals surface area contributed by atoms with Gasteiger partial charge in [-0.05, 0) is 17.4 Å². The third-order valence-electron chi connectivity index (χ3n) is 4.71.